The van der Waals surface area contributed by atoms with Crippen molar-refractivity contribution in [2.24, 2.45) is 0 Å². The second kappa shape index (κ2) is 8.69. The number of hydrogen-bond acceptors (Lipinski definition) is 4. The Morgan fingerprint density at radius 3 is 2.17 bits per heavy atom. The van der Waals surface area contributed by atoms with E-state index in [0.717, 1.165) is 25.3 Å². The van der Waals surface area contributed by atoms with Crippen LogP contribution in [0.3, 0.4) is 0 Å². The van der Waals surface area contributed by atoms with Gasteiger partial charge in [-0.3, -0.25) is 4.79 Å². The Bertz CT molecular complexity index is 951. The molecule has 4 rings (SSSR count). The number of nitrogens with one attached hydrogen (secondary N) is 1. The van der Waals surface area contributed by atoms with Crippen molar-refractivity contribution in [1.29, 1.82) is 0 Å². The van der Waals surface area contributed by atoms with Crippen molar-refractivity contribution in [2.45, 2.75) is 6.54 Å². The molecule has 3 aromatic carbocycles. The third-order valence-electron chi connectivity index (χ3n) is 5.31. The van der Waals surface area contributed by atoms with Gasteiger partial charge in [0.05, 0.1) is 5.56 Å². The number of anilines is 3. The topological polar surface area (TPSA) is 61.6 Å². The minimum Gasteiger partial charge on any atom is -0.398 e. The van der Waals surface area contributed by atoms with E-state index in [0.29, 0.717) is 24.3 Å². The fourth-order valence-corrected chi connectivity index (χ4v) is 3.64. The number of nitrogens with two attached hydrogens (primary N) is 1. The summed E-state index contributed by atoms with van der Waals surface area (Å²) in [6, 6.07) is 26.1. The monoisotopic (exact) mass is 386 g/mol. The molecule has 1 fully saturated rings. The summed E-state index contributed by atoms with van der Waals surface area (Å²) in [5.74, 6) is 0.00446. The van der Waals surface area contributed by atoms with Gasteiger partial charge in [-0.25, -0.2) is 0 Å². The second-order valence-electron chi connectivity index (χ2n) is 7.26. The molecule has 0 saturated carbocycles. The molecule has 148 valence electrons. The van der Waals surface area contributed by atoms with Crippen molar-refractivity contribution in [3.8, 4) is 0 Å². The van der Waals surface area contributed by atoms with Crippen LogP contribution in [0, 0.1) is 0 Å². The molecule has 5 nitrogen and oxygen atoms in total. The Hall–Kier alpha value is -3.47. The van der Waals surface area contributed by atoms with Gasteiger partial charge in [-0.05, 0) is 35.9 Å². The van der Waals surface area contributed by atoms with Gasteiger partial charge in [-0.15, -0.1) is 0 Å². The number of para-hydroxylation sites is 1. The van der Waals surface area contributed by atoms with Crippen molar-refractivity contribution in [3.05, 3.63) is 90.0 Å². The van der Waals surface area contributed by atoms with Crippen LogP contribution in [0.2, 0.25) is 0 Å². The first-order valence-corrected chi connectivity index (χ1v) is 9.97. The fraction of sp³-hybridized carbons (Fsp3) is 0.208. The van der Waals surface area contributed by atoms with E-state index in [4.69, 9.17) is 5.73 Å². The molecular formula is C24H26N4O. The number of amides is 1. The minimum atomic E-state index is 0.00446. The highest BCUT2D eigenvalue weighted by atomic mass is 16.2. The Kier molecular flexibility index (Phi) is 5.66. The highest BCUT2D eigenvalue weighted by molar-refractivity contribution is 5.99. The van der Waals surface area contributed by atoms with Crippen molar-refractivity contribution >= 4 is 23.0 Å². The van der Waals surface area contributed by atoms with E-state index in [9.17, 15) is 4.79 Å². The maximum atomic E-state index is 13.0. The van der Waals surface area contributed by atoms with E-state index in [1.165, 1.54) is 11.3 Å². The zero-order chi connectivity index (χ0) is 20.1. The average Bonchev–Trinajstić information content (AvgIpc) is 2.79. The van der Waals surface area contributed by atoms with Crippen LogP contribution in [0.25, 0.3) is 0 Å². The largest absolute Gasteiger partial charge is 0.398 e. The summed E-state index contributed by atoms with van der Waals surface area (Å²) in [6.07, 6.45) is 0. The molecule has 0 spiro atoms. The van der Waals surface area contributed by atoms with Gasteiger partial charge < -0.3 is 20.9 Å². The summed E-state index contributed by atoms with van der Waals surface area (Å²) in [6.45, 7) is 3.76. The van der Waals surface area contributed by atoms with Gasteiger partial charge in [0.15, 0.2) is 0 Å². The first kappa shape index (κ1) is 18.9. The molecule has 1 amide bonds. The van der Waals surface area contributed by atoms with Crippen LogP contribution in [0.4, 0.5) is 17.1 Å². The Labute approximate surface area is 171 Å². The van der Waals surface area contributed by atoms with Crippen LogP contribution in [0.5, 0.6) is 0 Å². The fourth-order valence-electron chi connectivity index (χ4n) is 3.64. The number of piperazine rings is 1. The zero-order valence-corrected chi connectivity index (χ0v) is 16.4. The molecule has 1 heterocycles. The van der Waals surface area contributed by atoms with Crippen LogP contribution in [0.15, 0.2) is 78.9 Å². The maximum Gasteiger partial charge on any atom is 0.256 e. The number of carbonyl (C=O) groups excluding carboxylic acids is 1. The number of hydrogen-bond donors (Lipinski definition) is 2. The lowest BCUT2D eigenvalue weighted by atomic mass is 10.1. The minimum absolute atomic E-state index is 0.00446. The van der Waals surface area contributed by atoms with Crippen LogP contribution in [-0.4, -0.2) is 37.0 Å². The van der Waals surface area contributed by atoms with Gasteiger partial charge in [0.25, 0.3) is 5.91 Å². The number of carbonyl (C=O) groups is 1. The summed E-state index contributed by atoms with van der Waals surface area (Å²) in [7, 11) is 0. The highest BCUT2D eigenvalue weighted by Crippen LogP contribution is 2.22. The third-order valence-corrected chi connectivity index (χ3v) is 5.31. The predicted molar refractivity (Wildman–Crippen MR) is 119 cm³/mol. The number of benzene rings is 3. The van der Waals surface area contributed by atoms with Crippen molar-refractivity contribution in [2.75, 3.05) is 42.1 Å². The third kappa shape index (κ3) is 4.51. The molecule has 0 unspecified atom stereocenters. The molecule has 3 aromatic rings. The normalized spacial score (nSPS) is 13.9. The van der Waals surface area contributed by atoms with Gasteiger partial charge >= 0.3 is 0 Å². The van der Waals surface area contributed by atoms with Gasteiger partial charge in [-0.2, -0.15) is 0 Å². The summed E-state index contributed by atoms with van der Waals surface area (Å²) < 4.78 is 0. The van der Waals surface area contributed by atoms with Crippen LogP contribution >= 0.6 is 0 Å². The molecule has 1 aliphatic heterocycles. The van der Waals surface area contributed by atoms with Crippen molar-refractivity contribution < 1.29 is 4.79 Å². The van der Waals surface area contributed by atoms with E-state index >= 15 is 0 Å². The van der Waals surface area contributed by atoms with Crippen LogP contribution in [-0.2, 0) is 6.54 Å². The first-order valence-electron chi connectivity index (χ1n) is 9.97. The van der Waals surface area contributed by atoms with Crippen LogP contribution < -0.4 is 16.0 Å². The standard InChI is InChI=1S/C24H26N4O/c25-23-17-20(26-18-19-7-3-1-4-8-19)11-12-22(23)24(29)28-15-13-27(14-16-28)21-9-5-2-6-10-21/h1-12,17,26H,13-16,18,25H2. The summed E-state index contributed by atoms with van der Waals surface area (Å²) in [5, 5.41) is 3.36. The molecule has 1 saturated heterocycles. The summed E-state index contributed by atoms with van der Waals surface area (Å²) in [4.78, 5) is 17.2. The molecule has 0 aliphatic carbocycles. The lowest BCUT2D eigenvalue weighted by Crippen LogP contribution is -2.48. The van der Waals surface area contributed by atoms with E-state index < -0.39 is 0 Å². The quantitative estimate of drug-likeness (QED) is 0.654. The van der Waals surface area contributed by atoms with Gasteiger partial charge in [0, 0.05) is 49.8 Å². The van der Waals surface area contributed by atoms with Crippen molar-refractivity contribution in [3.63, 3.8) is 0 Å². The first-order chi connectivity index (χ1) is 14.2. The SMILES string of the molecule is Nc1cc(NCc2ccccc2)ccc1C(=O)N1CCN(c2ccccc2)CC1. The maximum absolute atomic E-state index is 13.0. The molecular weight excluding hydrogens is 360 g/mol. The molecule has 1 aliphatic rings. The molecule has 5 heteroatoms. The lowest BCUT2D eigenvalue weighted by molar-refractivity contribution is 0.0748. The van der Waals surface area contributed by atoms with Gasteiger partial charge in [0.2, 0.25) is 0 Å². The van der Waals surface area contributed by atoms with Gasteiger partial charge in [0.1, 0.15) is 0 Å². The van der Waals surface area contributed by atoms with E-state index in [1.807, 2.05) is 59.5 Å². The smallest absolute Gasteiger partial charge is 0.256 e. The number of nitrogen functional groups attached to an aromatic ring is 1. The molecule has 0 aromatic heterocycles. The van der Waals surface area contributed by atoms with E-state index in [1.54, 1.807) is 0 Å². The highest BCUT2D eigenvalue weighted by Gasteiger charge is 2.23. The Morgan fingerprint density at radius 1 is 0.862 bits per heavy atom. The molecule has 0 atom stereocenters. The predicted octanol–water partition coefficient (Wildman–Crippen LogP) is 3.84. The van der Waals surface area contributed by atoms with Crippen molar-refractivity contribution in [1.82, 2.24) is 4.90 Å². The van der Waals surface area contributed by atoms with Gasteiger partial charge in [-0.1, -0.05) is 48.5 Å². The zero-order valence-electron chi connectivity index (χ0n) is 16.4. The molecule has 0 bridgehead atoms. The average molecular weight is 386 g/mol. The van der Waals surface area contributed by atoms with E-state index in [2.05, 4.69) is 34.5 Å². The molecule has 0 radical (unpaired) electrons. The Balaban J connectivity index is 1.36. The van der Waals surface area contributed by atoms with Crippen LogP contribution in [0.1, 0.15) is 15.9 Å². The second-order valence-corrected chi connectivity index (χ2v) is 7.26. The lowest BCUT2D eigenvalue weighted by Gasteiger charge is -2.36. The Morgan fingerprint density at radius 2 is 1.52 bits per heavy atom. The summed E-state index contributed by atoms with van der Waals surface area (Å²) >= 11 is 0. The molecule has 29 heavy (non-hydrogen) atoms. The van der Waals surface area contributed by atoms with E-state index in [-0.39, 0.29) is 5.91 Å². The summed E-state index contributed by atoms with van der Waals surface area (Å²) in [5.41, 5.74) is 10.6. The number of nitrogens with zero attached hydrogens (tertiary/aromatic N) is 2. The molecule has 3 N–H and O–H groups in total. The number of rotatable bonds is 5.